The summed E-state index contributed by atoms with van der Waals surface area (Å²) in [6.07, 6.45) is 0. The third kappa shape index (κ3) is 3.03. The zero-order valence-corrected chi connectivity index (χ0v) is 9.63. The maximum absolute atomic E-state index is 5.23. The fourth-order valence-corrected chi connectivity index (χ4v) is 2.34. The summed E-state index contributed by atoms with van der Waals surface area (Å²) in [5.74, 6) is 0. The lowest BCUT2D eigenvalue weighted by molar-refractivity contribution is 0.507. The Morgan fingerprint density at radius 3 is 2.75 bits per heavy atom. The van der Waals surface area contributed by atoms with Crippen LogP contribution in [0.5, 0.6) is 0 Å². The van der Waals surface area contributed by atoms with Crippen molar-refractivity contribution in [3.05, 3.63) is 29.8 Å². The van der Waals surface area contributed by atoms with Crippen LogP contribution in [0.15, 0.2) is 24.3 Å². The van der Waals surface area contributed by atoms with Gasteiger partial charge >= 0.3 is 10.0 Å². The number of benzene rings is 1. The minimum absolute atomic E-state index is 0.0627. The highest BCUT2D eigenvalue weighted by Crippen LogP contribution is 1.91. The van der Waals surface area contributed by atoms with Crippen LogP contribution in [0, 0.1) is 6.92 Å². The van der Waals surface area contributed by atoms with E-state index in [2.05, 4.69) is 33.7 Å². The van der Waals surface area contributed by atoms with Crippen molar-refractivity contribution in [3.63, 3.8) is 0 Å². The number of rotatable bonds is 4. The number of aryl methyl sites for hydroxylation is 1. The molecule has 0 spiro atoms. The van der Waals surface area contributed by atoms with Crippen LogP contribution in [0.25, 0.3) is 0 Å². The predicted molar refractivity (Wildman–Crippen MR) is 50.2 cm³/mol. The molecule has 5 heteroatoms. The molecule has 0 atom stereocenters. The van der Waals surface area contributed by atoms with E-state index < -0.39 is 0 Å². The van der Waals surface area contributed by atoms with Gasteiger partial charge in [-0.3, -0.25) is 0 Å². The SMILES string of the molecule is Cc1ccccc1[Si]O[Si]O[Si]. The van der Waals surface area contributed by atoms with Crippen LogP contribution in [-0.2, 0) is 8.23 Å². The highest BCUT2D eigenvalue weighted by Gasteiger charge is 1.99. The minimum Gasteiger partial charge on any atom is -0.435 e. The van der Waals surface area contributed by atoms with Gasteiger partial charge in [-0.1, -0.05) is 24.3 Å². The van der Waals surface area contributed by atoms with Gasteiger partial charge in [-0.15, -0.1) is 0 Å². The molecule has 0 aliphatic carbocycles. The van der Waals surface area contributed by atoms with Crippen LogP contribution >= 0.6 is 0 Å². The van der Waals surface area contributed by atoms with Gasteiger partial charge in [0, 0.05) is 0 Å². The predicted octanol–water partition coefficient (Wildman–Crippen LogP) is -0.110. The van der Waals surface area contributed by atoms with Gasteiger partial charge in [0.05, 0.1) is 0 Å². The first-order valence-electron chi connectivity index (χ1n) is 3.39. The molecule has 0 aliphatic heterocycles. The largest absolute Gasteiger partial charge is 0.435 e. The second-order valence-electron chi connectivity index (χ2n) is 2.20. The smallest absolute Gasteiger partial charge is 0.409 e. The van der Waals surface area contributed by atoms with Crippen molar-refractivity contribution in [2.24, 2.45) is 0 Å². The number of hydrogen-bond acceptors (Lipinski definition) is 2. The normalized spacial score (nSPS) is 10.2. The zero-order valence-electron chi connectivity index (χ0n) is 6.63. The van der Waals surface area contributed by atoms with Gasteiger partial charge in [-0.25, -0.2) is 0 Å². The monoisotopic (exact) mass is 207 g/mol. The fourth-order valence-electron chi connectivity index (χ4n) is 0.784. The molecule has 0 saturated carbocycles. The summed E-state index contributed by atoms with van der Waals surface area (Å²) in [5, 5.41) is 1.23. The molecule has 1 aromatic rings. The molecule has 12 heavy (non-hydrogen) atoms. The van der Waals surface area contributed by atoms with E-state index in [-0.39, 0.29) is 10.0 Å². The summed E-state index contributed by atoms with van der Waals surface area (Å²) in [6, 6.07) is 8.16. The van der Waals surface area contributed by atoms with E-state index in [1.54, 1.807) is 0 Å². The summed E-state index contributed by atoms with van der Waals surface area (Å²) < 4.78 is 9.86. The lowest BCUT2D eigenvalue weighted by Gasteiger charge is -2.02. The average Bonchev–Trinajstić information content (AvgIpc) is 2.09. The zero-order chi connectivity index (χ0) is 8.81. The van der Waals surface area contributed by atoms with Crippen molar-refractivity contribution in [1.29, 1.82) is 0 Å². The van der Waals surface area contributed by atoms with Gasteiger partial charge in [0.2, 0.25) is 10.5 Å². The van der Waals surface area contributed by atoms with Crippen LogP contribution in [0.1, 0.15) is 5.56 Å². The molecule has 7 radical (unpaired) electrons. The Balaban J connectivity index is 2.46. The summed E-state index contributed by atoms with van der Waals surface area (Å²) in [5.41, 5.74) is 1.26. The molecule has 0 N–H and O–H groups in total. The standard InChI is InChI=1S/C7H7O2Si3/c1-6-4-2-3-5-7(6)11-9-12-8-10/h2-5H,1H3. The lowest BCUT2D eigenvalue weighted by Crippen LogP contribution is -2.22. The first-order chi connectivity index (χ1) is 5.84. The van der Waals surface area contributed by atoms with E-state index in [0.717, 1.165) is 0 Å². The second-order valence-corrected chi connectivity index (χ2v) is 4.75. The van der Waals surface area contributed by atoms with Crippen molar-refractivity contribution in [2.75, 3.05) is 0 Å². The Morgan fingerprint density at radius 2 is 2.08 bits per heavy atom. The van der Waals surface area contributed by atoms with E-state index in [9.17, 15) is 0 Å². The van der Waals surface area contributed by atoms with Gasteiger partial charge < -0.3 is 8.23 Å². The van der Waals surface area contributed by atoms with Gasteiger partial charge in [0.25, 0.3) is 9.76 Å². The molecular formula is C7H7O2Si3. The molecule has 0 bridgehead atoms. The van der Waals surface area contributed by atoms with Crippen LogP contribution in [0.2, 0.25) is 0 Å². The molecule has 0 heterocycles. The molecule has 0 amide bonds. The highest BCUT2D eigenvalue weighted by atomic mass is 28.3. The fraction of sp³-hybridized carbons (Fsp3) is 0.143. The molecule has 0 saturated heterocycles. The maximum Gasteiger partial charge on any atom is 0.409 e. The Kier molecular flexibility index (Phi) is 4.48. The van der Waals surface area contributed by atoms with Gasteiger partial charge in [0.1, 0.15) is 0 Å². The summed E-state index contributed by atoms with van der Waals surface area (Å²) in [7, 11) is 3.31. The van der Waals surface area contributed by atoms with E-state index in [1.807, 2.05) is 12.1 Å². The molecule has 1 rings (SSSR count). The van der Waals surface area contributed by atoms with Crippen molar-refractivity contribution in [3.8, 4) is 0 Å². The third-order valence-corrected chi connectivity index (χ3v) is 3.25. The topological polar surface area (TPSA) is 18.5 Å². The number of hydrogen-bond donors (Lipinski definition) is 0. The first-order valence-corrected chi connectivity index (χ1v) is 5.53. The van der Waals surface area contributed by atoms with Crippen molar-refractivity contribution >= 4 is 35.4 Å². The molecule has 1 aromatic carbocycles. The van der Waals surface area contributed by atoms with Gasteiger partial charge in [0.15, 0.2) is 0 Å². The Labute approximate surface area is 80.8 Å². The molecule has 59 valence electrons. The molecule has 0 unspecified atom stereocenters. The third-order valence-electron chi connectivity index (χ3n) is 1.39. The minimum atomic E-state index is 0.0627. The second kappa shape index (κ2) is 5.44. The van der Waals surface area contributed by atoms with E-state index >= 15 is 0 Å². The quantitative estimate of drug-likeness (QED) is 0.507. The lowest BCUT2D eigenvalue weighted by atomic mass is 10.2. The van der Waals surface area contributed by atoms with Crippen molar-refractivity contribution in [1.82, 2.24) is 0 Å². The van der Waals surface area contributed by atoms with Gasteiger partial charge in [-0.2, -0.15) is 0 Å². The maximum atomic E-state index is 5.23. The van der Waals surface area contributed by atoms with E-state index in [0.29, 0.717) is 9.76 Å². The summed E-state index contributed by atoms with van der Waals surface area (Å²) in [6.45, 7) is 2.07. The Morgan fingerprint density at radius 1 is 1.33 bits per heavy atom. The Hall–Kier alpha value is -0.209. The summed E-state index contributed by atoms with van der Waals surface area (Å²) >= 11 is 0. The van der Waals surface area contributed by atoms with Crippen LogP contribution in [0.3, 0.4) is 0 Å². The van der Waals surface area contributed by atoms with Crippen LogP contribution in [-0.4, -0.2) is 30.3 Å². The molecule has 2 nitrogen and oxygen atoms in total. The van der Waals surface area contributed by atoms with Gasteiger partial charge in [-0.05, 0) is 17.7 Å². The summed E-state index contributed by atoms with van der Waals surface area (Å²) in [4.78, 5) is 0. The molecular weight excluding hydrogens is 200 g/mol. The molecule has 0 fully saturated rings. The highest BCUT2D eigenvalue weighted by molar-refractivity contribution is 6.54. The van der Waals surface area contributed by atoms with E-state index in [1.165, 1.54) is 10.8 Å². The average molecular weight is 207 g/mol. The van der Waals surface area contributed by atoms with Crippen LogP contribution in [0.4, 0.5) is 0 Å². The molecule has 0 aromatic heterocycles. The molecule has 0 aliphatic rings. The van der Waals surface area contributed by atoms with Crippen LogP contribution < -0.4 is 5.19 Å². The van der Waals surface area contributed by atoms with E-state index in [4.69, 9.17) is 4.12 Å². The first kappa shape index (κ1) is 9.88. The van der Waals surface area contributed by atoms with Crippen molar-refractivity contribution in [2.45, 2.75) is 6.92 Å². The van der Waals surface area contributed by atoms with Crippen molar-refractivity contribution < 1.29 is 8.23 Å². The Bertz CT molecular complexity index is 242.